The topological polar surface area (TPSA) is 188 Å². The first-order chi connectivity index (χ1) is 15.5. The highest BCUT2D eigenvalue weighted by molar-refractivity contribution is 7.98. The predicted octanol–water partition coefficient (Wildman–Crippen LogP) is -0.657. The van der Waals surface area contributed by atoms with Gasteiger partial charge in [0, 0.05) is 6.42 Å². The van der Waals surface area contributed by atoms with Crippen LogP contribution in [0.5, 0.6) is 0 Å². The van der Waals surface area contributed by atoms with Gasteiger partial charge in [0.15, 0.2) is 0 Å². The summed E-state index contributed by atoms with van der Waals surface area (Å²) in [5, 5.41) is 25.4. The molecule has 1 rings (SSSR count). The van der Waals surface area contributed by atoms with Crippen molar-refractivity contribution in [2.24, 2.45) is 5.73 Å². The summed E-state index contributed by atoms with van der Waals surface area (Å²) in [4.78, 5) is 59.7. The average Bonchev–Trinajstić information content (AvgIpc) is 2.75. The smallest absolute Gasteiger partial charge is 0.326 e. The van der Waals surface area contributed by atoms with E-state index in [1.807, 2.05) is 6.26 Å². The van der Waals surface area contributed by atoms with Gasteiger partial charge in [-0.05, 0) is 30.9 Å². The largest absolute Gasteiger partial charge is 0.481 e. The van der Waals surface area contributed by atoms with E-state index in [0.29, 0.717) is 11.3 Å². The Balaban J connectivity index is 2.88. The molecule has 0 spiro atoms. The number of carboxylic acid groups (broad SMARTS) is 2. The second kappa shape index (κ2) is 14.1. The summed E-state index contributed by atoms with van der Waals surface area (Å²) in [6.07, 6.45) is 1.49. The van der Waals surface area contributed by atoms with Gasteiger partial charge in [0.05, 0.1) is 12.5 Å². The second-order valence-electron chi connectivity index (χ2n) is 7.37. The third-order valence-electron chi connectivity index (χ3n) is 4.62. The van der Waals surface area contributed by atoms with Crippen LogP contribution in [0.1, 0.15) is 25.3 Å². The maximum Gasteiger partial charge on any atom is 0.326 e. The SMILES string of the molecule is CSCCC(NC(=O)C(C)NC(=O)C(Cc1ccccc1)NC(=O)C(N)CC(=O)O)C(=O)O. The molecule has 0 bridgehead atoms. The number of carboxylic acids is 2. The second-order valence-corrected chi connectivity index (χ2v) is 8.35. The van der Waals surface area contributed by atoms with E-state index >= 15 is 0 Å². The molecule has 0 aliphatic carbocycles. The van der Waals surface area contributed by atoms with Gasteiger partial charge in [-0.25, -0.2) is 4.79 Å². The van der Waals surface area contributed by atoms with Crippen molar-refractivity contribution in [2.75, 3.05) is 12.0 Å². The van der Waals surface area contributed by atoms with Gasteiger partial charge in [0.1, 0.15) is 18.1 Å². The van der Waals surface area contributed by atoms with Crippen molar-refractivity contribution >= 4 is 41.4 Å². The first-order valence-electron chi connectivity index (χ1n) is 10.2. The molecule has 0 radical (unpaired) electrons. The zero-order valence-corrected chi connectivity index (χ0v) is 19.3. The minimum Gasteiger partial charge on any atom is -0.481 e. The zero-order chi connectivity index (χ0) is 25.0. The highest BCUT2D eigenvalue weighted by Crippen LogP contribution is 2.06. The molecule has 1 aromatic rings. The van der Waals surface area contributed by atoms with Crippen molar-refractivity contribution in [3.8, 4) is 0 Å². The quantitative estimate of drug-likeness (QED) is 0.200. The molecule has 12 heteroatoms. The van der Waals surface area contributed by atoms with E-state index < -0.39 is 60.2 Å². The van der Waals surface area contributed by atoms with Crippen LogP contribution in [0.2, 0.25) is 0 Å². The third kappa shape index (κ3) is 10.4. The Hall–Kier alpha value is -3.12. The van der Waals surface area contributed by atoms with Crippen molar-refractivity contribution in [1.29, 1.82) is 0 Å². The van der Waals surface area contributed by atoms with Gasteiger partial charge in [0.2, 0.25) is 17.7 Å². The summed E-state index contributed by atoms with van der Waals surface area (Å²) in [6.45, 7) is 1.39. The van der Waals surface area contributed by atoms with Crippen molar-refractivity contribution in [3.63, 3.8) is 0 Å². The minimum absolute atomic E-state index is 0.0675. The summed E-state index contributed by atoms with van der Waals surface area (Å²) in [5.74, 6) is -4.13. The number of benzene rings is 1. The molecule has 3 amide bonds. The number of amides is 3. The molecule has 0 aliphatic rings. The van der Waals surface area contributed by atoms with Crippen LogP contribution < -0.4 is 21.7 Å². The van der Waals surface area contributed by atoms with Crippen LogP contribution in [0.15, 0.2) is 30.3 Å². The van der Waals surface area contributed by atoms with E-state index in [-0.39, 0.29) is 12.8 Å². The molecule has 11 nitrogen and oxygen atoms in total. The Bertz CT molecular complexity index is 837. The molecule has 1 aromatic carbocycles. The van der Waals surface area contributed by atoms with Crippen LogP contribution >= 0.6 is 11.8 Å². The minimum atomic E-state index is -1.36. The van der Waals surface area contributed by atoms with Crippen molar-refractivity contribution in [1.82, 2.24) is 16.0 Å². The lowest BCUT2D eigenvalue weighted by Gasteiger charge is -2.23. The normalized spacial score (nSPS) is 14.3. The molecule has 0 heterocycles. The Morgan fingerprint density at radius 1 is 0.939 bits per heavy atom. The Morgan fingerprint density at radius 3 is 2.09 bits per heavy atom. The van der Waals surface area contributed by atoms with Crippen LogP contribution in [0.25, 0.3) is 0 Å². The molecule has 0 saturated carbocycles. The fourth-order valence-electron chi connectivity index (χ4n) is 2.79. The molecule has 4 unspecified atom stereocenters. The van der Waals surface area contributed by atoms with Gasteiger partial charge in [-0.2, -0.15) is 11.8 Å². The van der Waals surface area contributed by atoms with Crippen molar-refractivity contribution in [3.05, 3.63) is 35.9 Å². The molecule has 7 N–H and O–H groups in total. The number of carbonyl (C=O) groups excluding carboxylic acids is 3. The predicted molar refractivity (Wildman–Crippen MR) is 122 cm³/mol. The van der Waals surface area contributed by atoms with Gasteiger partial charge >= 0.3 is 11.9 Å². The third-order valence-corrected chi connectivity index (χ3v) is 5.27. The fourth-order valence-corrected chi connectivity index (χ4v) is 3.26. The van der Waals surface area contributed by atoms with Crippen LogP contribution in [0.4, 0.5) is 0 Å². The Morgan fingerprint density at radius 2 is 1.55 bits per heavy atom. The van der Waals surface area contributed by atoms with Crippen LogP contribution in [0, 0.1) is 0 Å². The molecule has 182 valence electrons. The van der Waals surface area contributed by atoms with E-state index in [2.05, 4.69) is 16.0 Å². The molecule has 0 aromatic heterocycles. The summed E-state index contributed by atoms with van der Waals surface area (Å²) < 4.78 is 0. The molecule has 0 fully saturated rings. The lowest BCUT2D eigenvalue weighted by Crippen LogP contribution is -2.57. The lowest BCUT2D eigenvalue weighted by molar-refractivity contribution is -0.142. The van der Waals surface area contributed by atoms with Crippen molar-refractivity contribution < 1.29 is 34.2 Å². The molecular formula is C21H30N4O7S. The number of nitrogens with two attached hydrogens (primary N) is 1. The standard InChI is InChI=1S/C21H30N4O7S/c1-12(18(28)24-15(21(31)32)8-9-33-2)23-20(30)16(10-13-6-4-3-5-7-13)25-19(29)14(22)11-17(26)27/h3-7,12,14-16H,8-11,22H2,1-2H3,(H,23,30)(H,24,28)(H,25,29)(H,26,27)(H,31,32). The van der Waals surface area contributed by atoms with E-state index in [9.17, 15) is 29.1 Å². The lowest BCUT2D eigenvalue weighted by atomic mass is 10.0. The maximum atomic E-state index is 12.9. The van der Waals surface area contributed by atoms with Gasteiger partial charge in [-0.1, -0.05) is 30.3 Å². The molecule has 0 saturated heterocycles. The highest BCUT2D eigenvalue weighted by Gasteiger charge is 2.29. The highest BCUT2D eigenvalue weighted by atomic mass is 32.2. The van der Waals surface area contributed by atoms with Gasteiger partial charge in [0.25, 0.3) is 0 Å². The van der Waals surface area contributed by atoms with E-state index in [0.717, 1.165) is 0 Å². The monoisotopic (exact) mass is 482 g/mol. The average molecular weight is 483 g/mol. The van der Waals surface area contributed by atoms with Crippen LogP contribution in [0.3, 0.4) is 0 Å². The maximum absolute atomic E-state index is 12.9. The summed E-state index contributed by atoms with van der Waals surface area (Å²) in [5.41, 5.74) is 6.30. The summed E-state index contributed by atoms with van der Waals surface area (Å²) in [6, 6.07) is 4.07. The number of rotatable bonds is 14. The van der Waals surface area contributed by atoms with Gasteiger partial charge in [-0.3, -0.25) is 19.2 Å². The number of nitrogens with one attached hydrogen (secondary N) is 3. The molecule has 4 atom stereocenters. The molecule has 0 aliphatic heterocycles. The van der Waals surface area contributed by atoms with E-state index in [4.69, 9.17) is 10.8 Å². The first kappa shape index (κ1) is 27.9. The Kier molecular flexibility index (Phi) is 11.9. The van der Waals surface area contributed by atoms with E-state index in [1.54, 1.807) is 30.3 Å². The fraction of sp³-hybridized carbons (Fsp3) is 0.476. The van der Waals surface area contributed by atoms with Gasteiger partial charge < -0.3 is 31.9 Å². The summed E-state index contributed by atoms with van der Waals surface area (Å²) >= 11 is 1.44. The number of thioether (sulfide) groups is 1. The number of carbonyl (C=O) groups is 5. The Labute approximate surface area is 195 Å². The number of hydrogen-bond acceptors (Lipinski definition) is 7. The molecule has 33 heavy (non-hydrogen) atoms. The van der Waals surface area contributed by atoms with Crippen LogP contribution in [-0.2, 0) is 30.4 Å². The number of aliphatic carboxylic acids is 2. The summed E-state index contributed by atoms with van der Waals surface area (Å²) in [7, 11) is 0. The van der Waals surface area contributed by atoms with Gasteiger partial charge in [-0.15, -0.1) is 0 Å². The molecular weight excluding hydrogens is 452 g/mol. The number of hydrogen-bond donors (Lipinski definition) is 6. The van der Waals surface area contributed by atoms with Crippen LogP contribution in [-0.4, -0.2) is 76.0 Å². The zero-order valence-electron chi connectivity index (χ0n) is 18.4. The van der Waals surface area contributed by atoms with Crippen molar-refractivity contribution in [2.45, 2.75) is 50.4 Å². The first-order valence-corrected chi connectivity index (χ1v) is 11.6. The van der Waals surface area contributed by atoms with E-state index in [1.165, 1.54) is 18.7 Å².